The number of carbonyl (C=O) groups excluding carboxylic acids is 3. The molecular formula is C23H25N3O4S. The molecule has 31 heavy (non-hydrogen) atoms. The van der Waals surface area contributed by atoms with Gasteiger partial charge in [-0.1, -0.05) is 12.1 Å². The molecule has 162 valence electrons. The summed E-state index contributed by atoms with van der Waals surface area (Å²) in [5.41, 5.74) is 2.66. The van der Waals surface area contributed by atoms with Crippen LogP contribution < -0.4 is 0 Å². The molecular weight excluding hydrogens is 414 g/mol. The first-order valence-electron chi connectivity index (χ1n) is 10.0. The van der Waals surface area contributed by atoms with E-state index in [4.69, 9.17) is 4.74 Å². The van der Waals surface area contributed by atoms with Crippen molar-refractivity contribution in [1.29, 1.82) is 0 Å². The van der Waals surface area contributed by atoms with Gasteiger partial charge in [0.15, 0.2) is 5.78 Å². The highest BCUT2D eigenvalue weighted by atomic mass is 32.1. The molecule has 3 heterocycles. The number of nitrogens with one attached hydrogen (secondary N) is 1. The van der Waals surface area contributed by atoms with Crippen molar-refractivity contribution >= 4 is 29.0 Å². The van der Waals surface area contributed by atoms with E-state index in [0.717, 1.165) is 5.69 Å². The molecule has 0 aliphatic carbocycles. The molecule has 8 heteroatoms. The van der Waals surface area contributed by atoms with E-state index in [0.29, 0.717) is 34.7 Å². The molecule has 7 nitrogen and oxygen atoms in total. The molecule has 1 N–H and O–H groups in total. The lowest BCUT2D eigenvalue weighted by Crippen LogP contribution is -2.37. The number of Topliss-reactive ketones (excluding diaryl/α,β-unsaturated/α-hetero) is 1. The Morgan fingerprint density at radius 2 is 1.97 bits per heavy atom. The molecule has 1 amide bonds. The van der Waals surface area contributed by atoms with Gasteiger partial charge in [-0.3, -0.25) is 14.6 Å². The van der Waals surface area contributed by atoms with Crippen molar-refractivity contribution in [1.82, 2.24) is 14.9 Å². The number of amides is 1. The van der Waals surface area contributed by atoms with Crippen molar-refractivity contribution in [3.8, 4) is 0 Å². The lowest BCUT2D eigenvalue weighted by Gasteiger charge is -2.21. The number of ketones is 1. The zero-order valence-electron chi connectivity index (χ0n) is 17.8. The van der Waals surface area contributed by atoms with Crippen molar-refractivity contribution in [3.63, 3.8) is 0 Å². The Morgan fingerprint density at radius 1 is 1.16 bits per heavy atom. The van der Waals surface area contributed by atoms with Crippen LogP contribution >= 0.6 is 11.3 Å². The summed E-state index contributed by atoms with van der Waals surface area (Å²) in [6, 6.07) is 9.17. The molecule has 0 saturated carbocycles. The second-order valence-corrected chi connectivity index (χ2v) is 7.99. The fourth-order valence-corrected chi connectivity index (χ4v) is 4.12. The number of ether oxygens (including phenoxy) is 1. The summed E-state index contributed by atoms with van der Waals surface area (Å²) < 4.78 is 5.06. The van der Waals surface area contributed by atoms with Gasteiger partial charge in [-0.2, -0.15) is 0 Å². The number of H-pyrrole nitrogens is 1. The summed E-state index contributed by atoms with van der Waals surface area (Å²) in [6.45, 7) is 5.68. The van der Waals surface area contributed by atoms with Crippen LogP contribution in [0.15, 0.2) is 41.9 Å². The van der Waals surface area contributed by atoms with Crippen LogP contribution in [-0.2, 0) is 11.2 Å². The van der Waals surface area contributed by atoms with Crippen LogP contribution in [0.25, 0.3) is 0 Å². The number of aromatic amines is 1. The topological polar surface area (TPSA) is 92.4 Å². The first-order valence-corrected chi connectivity index (χ1v) is 10.9. The van der Waals surface area contributed by atoms with E-state index in [2.05, 4.69) is 9.97 Å². The quantitative estimate of drug-likeness (QED) is 0.404. The lowest BCUT2D eigenvalue weighted by molar-refractivity contribution is 0.0519. The van der Waals surface area contributed by atoms with Crippen molar-refractivity contribution in [2.24, 2.45) is 0 Å². The minimum Gasteiger partial charge on any atom is -0.461 e. The van der Waals surface area contributed by atoms with E-state index in [1.807, 2.05) is 29.6 Å². The molecule has 3 aromatic rings. The summed E-state index contributed by atoms with van der Waals surface area (Å²) in [7, 11) is 0. The largest absolute Gasteiger partial charge is 0.461 e. The number of nitrogens with zero attached hydrogens (tertiary/aromatic N) is 2. The smallest absolute Gasteiger partial charge is 0.355 e. The molecule has 0 fully saturated rings. The molecule has 0 aromatic carbocycles. The van der Waals surface area contributed by atoms with E-state index in [1.165, 1.54) is 11.3 Å². The second kappa shape index (κ2) is 10.2. The molecule has 0 unspecified atom stereocenters. The number of pyridine rings is 1. The van der Waals surface area contributed by atoms with Crippen molar-refractivity contribution < 1.29 is 19.1 Å². The predicted octanol–water partition coefficient (Wildman–Crippen LogP) is 3.83. The monoisotopic (exact) mass is 439 g/mol. The Hall–Kier alpha value is -3.26. The molecule has 0 spiro atoms. The summed E-state index contributed by atoms with van der Waals surface area (Å²) in [6.07, 6.45) is 2.24. The van der Waals surface area contributed by atoms with Crippen LogP contribution in [0.4, 0.5) is 0 Å². The number of hydrogen-bond donors (Lipinski definition) is 1. The summed E-state index contributed by atoms with van der Waals surface area (Å²) in [5.74, 6) is -0.924. The van der Waals surface area contributed by atoms with Crippen molar-refractivity contribution in [3.05, 3.63) is 75.0 Å². The predicted molar refractivity (Wildman–Crippen MR) is 119 cm³/mol. The summed E-state index contributed by atoms with van der Waals surface area (Å²) in [5, 5.41) is 1.83. The average Bonchev–Trinajstić information content (AvgIpc) is 3.39. The number of aryl methyl sites for hydroxylation is 1. The Bertz CT molecular complexity index is 1060. The number of carbonyl (C=O) groups is 3. The highest BCUT2D eigenvalue weighted by Gasteiger charge is 2.26. The maximum atomic E-state index is 13.2. The van der Waals surface area contributed by atoms with Crippen LogP contribution in [-0.4, -0.2) is 52.2 Å². The molecule has 0 radical (unpaired) electrons. The standard InChI is InChI=1S/C23H25N3O4S/c1-4-30-23(29)21-15(2)20(16(3)25-21)18(27)14-26(22(28)19-9-7-13-31-19)12-10-17-8-5-6-11-24-17/h5-9,11,13,25H,4,10,12,14H2,1-3H3. The van der Waals surface area contributed by atoms with Crippen molar-refractivity contribution in [2.75, 3.05) is 19.7 Å². The van der Waals surface area contributed by atoms with E-state index in [9.17, 15) is 14.4 Å². The second-order valence-electron chi connectivity index (χ2n) is 7.04. The van der Waals surface area contributed by atoms with Gasteiger partial charge in [-0.05, 0) is 49.9 Å². The van der Waals surface area contributed by atoms with E-state index in [-0.39, 0.29) is 30.5 Å². The summed E-state index contributed by atoms with van der Waals surface area (Å²) >= 11 is 1.34. The number of hydrogen-bond acceptors (Lipinski definition) is 6. The van der Waals surface area contributed by atoms with Gasteiger partial charge in [0, 0.05) is 36.1 Å². The van der Waals surface area contributed by atoms with Crippen LogP contribution in [0, 0.1) is 13.8 Å². The Kier molecular flexibility index (Phi) is 7.36. The molecule has 0 saturated heterocycles. The first kappa shape index (κ1) is 22.4. The van der Waals surface area contributed by atoms with Crippen LogP contribution in [0.1, 0.15) is 54.4 Å². The molecule has 0 aliphatic heterocycles. The van der Waals surface area contributed by atoms with Crippen LogP contribution in [0.5, 0.6) is 0 Å². The van der Waals surface area contributed by atoms with Gasteiger partial charge in [-0.15, -0.1) is 11.3 Å². The number of rotatable bonds is 9. The van der Waals surface area contributed by atoms with Gasteiger partial charge < -0.3 is 14.6 Å². The van der Waals surface area contributed by atoms with Crippen LogP contribution in [0.2, 0.25) is 0 Å². The Labute approximate surface area is 185 Å². The third kappa shape index (κ3) is 5.27. The zero-order valence-corrected chi connectivity index (χ0v) is 18.6. The van der Waals surface area contributed by atoms with Gasteiger partial charge in [-0.25, -0.2) is 4.79 Å². The Morgan fingerprint density at radius 3 is 2.61 bits per heavy atom. The lowest BCUT2D eigenvalue weighted by atomic mass is 10.0. The maximum Gasteiger partial charge on any atom is 0.355 e. The maximum absolute atomic E-state index is 13.2. The average molecular weight is 440 g/mol. The number of aromatic nitrogens is 2. The van der Waals surface area contributed by atoms with Crippen LogP contribution in [0.3, 0.4) is 0 Å². The fourth-order valence-electron chi connectivity index (χ4n) is 3.43. The molecule has 0 atom stereocenters. The van der Waals surface area contributed by atoms with Crippen molar-refractivity contribution in [2.45, 2.75) is 27.2 Å². The first-order chi connectivity index (χ1) is 14.9. The Balaban J connectivity index is 1.82. The molecule has 0 aliphatic rings. The number of thiophene rings is 1. The fraction of sp³-hybridized carbons (Fsp3) is 0.304. The highest BCUT2D eigenvalue weighted by molar-refractivity contribution is 7.12. The van der Waals surface area contributed by atoms with E-state index < -0.39 is 5.97 Å². The third-order valence-corrected chi connectivity index (χ3v) is 5.77. The SMILES string of the molecule is CCOC(=O)c1[nH]c(C)c(C(=O)CN(CCc2ccccn2)C(=O)c2cccs2)c1C. The van der Waals surface area contributed by atoms with Gasteiger partial charge >= 0.3 is 5.97 Å². The number of esters is 1. The van der Waals surface area contributed by atoms with Gasteiger partial charge in [0.2, 0.25) is 0 Å². The highest BCUT2D eigenvalue weighted by Crippen LogP contribution is 2.21. The zero-order chi connectivity index (χ0) is 22.4. The van der Waals surface area contributed by atoms with Gasteiger partial charge in [0.25, 0.3) is 5.91 Å². The van der Waals surface area contributed by atoms with E-state index in [1.54, 1.807) is 37.9 Å². The normalized spacial score (nSPS) is 10.7. The van der Waals surface area contributed by atoms with Gasteiger partial charge in [0.05, 0.1) is 18.0 Å². The third-order valence-electron chi connectivity index (χ3n) is 4.91. The molecule has 3 rings (SSSR count). The van der Waals surface area contributed by atoms with Gasteiger partial charge in [0.1, 0.15) is 5.69 Å². The van der Waals surface area contributed by atoms with E-state index >= 15 is 0 Å². The summed E-state index contributed by atoms with van der Waals surface area (Å²) in [4.78, 5) is 47.8. The minimum absolute atomic E-state index is 0.0919. The minimum atomic E-state index is -0.496. The molecule has 3 aromatic heterocycles. The molecule has 0 bridgehead atoms.